The first-order chi connectivity index (χ1) is 11.9. The van der Waals surface area contributed by atoms with Crippen molar-refractivity contribution in [3.8, 4) is 5.88 Å². The third kappa shape index (κ3) is 3.78. The van der Waals surface area contributed by atoms with Crippen LogP contribution in [0.25, 0.3) is 0 Å². The molecule has 25 heavy (non-hydrogen) atoms. The maximum Gasteiger partial charge on any atom is 0.287 e. The summed E-state index contributed by atoms with van der Waals surface area (Å²) in [6, 6.07) is 1.52. The smallest absolute Gasteiger partial charge is 0.287 e. The summed E-state index contributed by atoms with van der Waals surface area (Å²) < 4.78 is 40.2. The van der Waals surface area contributed by atoms with Crippen LogP contribution in [-0.4, -0.2) is 56.2 Å². The molecule has 9 heteroatoms. The van der Waals surface area contributed by atoms with Gasteiger partial charge >= 0.3 is 0 Å². The molecule has 1 aromatic rings. The predicted molar refractivity (Wildman–Crippen MR) is 92.9 cm³/mol. The number of anilines is 1. The molecule has 0 unspecified atom stereocenters. The number of aliphatic hydroxyl groups excluding tert-OH is 1. The Hall–Kier alpha value is -1.71. The first kappa shape index (κ1) is 18.1. The first-order valence-electron chi connectivity index (χ1n) is 8.32. The maximum absolute atomic E-state index is 12.5. The molecule has 0 radical (unpaired) electrons. The lowest BCUT2D eigenvalue weighted by molar-refractivity contribution is -0.00576. The van der Waals surface area contributed by atoms with E-state index < -0.39 is 15.6 Å². The fraction of sp³-hybridized carbons (Fsp3) is 0.625. The van der Waals surface area contributed by atoms with Gasteiger partial charge in [-0.3, -0.25) is 0 Å². The van der Waals surface area contributed by atoms with Crippen LogP contribution >= 0.6 is 0 Å². The van der Waals surface area contributed by atoms with E-state index in [1.54, 1.807) is 6.92 Å². The molecule has 1 saturated heterocycles. The van der Waals surface area contributed by atoms with Crippen LogP contribution in [0, 0.1) is 6.92 Å². The van der Waals surface area contributed by atoms with Gasteiger partial charge in [0.05, 0.1) is 19.4 Å². The highest BCUT2D eigenvalue weighted by Crippen LogP contribution is 2.36. The Morgan fingerprint density at radius 2 is 2.12 bits per heavy atom. The van der Waals surface area contributed by atoms with Gasteiger partial charge in [-0.05, 0) is 31.9 Å². The molecule has 138 valence electrons. The summed E-state index contributed by atoms with van der Waals surface area (Å²) in [7, 11) is -3.86. The highest BCUT2D eigenvalue weighted by Gasteiger charge is 2.39. The summed E-state index contributed by atoms with van der Waals surface area (Å²) in [5.41, 5.74) is -0.138. The molecule has 8 nitrogen and oxygen atoms in total. The van der Waals surface area contributed by atoms with Crippen LogP contribution in [0.3, 0.4) is 0 Å². The average Bonchev–Trinajstić information content (AvgIpc) is 2.66. The van der Waals surface area contributed by atoms with Crippen LogP contribution in [0.4, 0.5) is 5.82 Å². The van der Waals surface area contributed by atoms with Gasteiger partial charge in [-0.1, -0.05) is 0 Å². The largest absolute Gasteiger partial charge is 0.464 e. The second-order valence-electron chi connectivity index (χ2n) is 6.50. The lowest BCUT2D eigenvalue weighted by Crippen LogP contribution is -2.43. The Labute approximate surface area is 147 Å². The highest BCUT2D eigenvalue weighted by atomic mass is 32.2. The van der Waals surface area contributed by atoms with Gasteiger partial charge in [-0.2, -0.15) is 17.8 Å². The molecule has 2 aliphatic rings. The fourth-order valence-corrected chi connectivity index (χ4v) is 3.94. The second-order valence-corrected chi connectivity index (χ2v) is 8.10. The van der Waals surface area contributed by atoms with Crippen molar-refractivity contribution >= 4 is 22.1 Å². The number of pyridine rings is 1. The van der Waals surface area contributed by atoms with E-state index in [0.717, 1.165) is 0 Å². The zero-order chi connectivity index (χ0) is 18.1. The molecule has 1 fully saturated rings. The van der Waals surface area contributed by atoms with Gasteiger partial charge in [0.2, 0.25) is 5.88 Å². The molecule has 0 saturated carbocycles. The molecule has 1 aromatic heterocycles. The molecular weight excluding hydrogens is 346 g/mol. The van der Waals surface area contributed by atoms with Gasteiger partial charge in [0.25, 0.3) is 10.0 Å². The van der Waals surface area contributed by atoms with Crippen molar-refractivity contribution in [2.24, 2.45) is 4.40 Å². The van der Waals surface area contributed by atoms with E-state index >= 15 is 0 Å². The molecule has 3 rings (SSSR count). The number of fused-ring (bicyclic) bond motifs is 1. The van der Waals surface area contributed by atoms with E-state index in [2.05, 4.69) is 14.7 Å². The monoisotopic (exact) mass is 369 g/mol. The number of nitrogens with one attached hydrogen (secondary N) is 1. The van der Waals surface area contributed by atoms with Crippen LogP contribution in [0.1, 0.15) is 31.7 Å². The number of aryl methyl sites for hydroxylation is 1. The summed E-state index contributed by atoms with van der Waals surface area (Å²) in [5, 5.41) is 12.2. The van der Waals surface area contributed by atoms with Crippen molar-refractivity contribution < 1.29 is 23.0 Å². The summed E-state index contributed by atoms with van der Waals surface area (Å²) in [4.78, 5) is 4.40. The third-order valence-electron chi connectivity index (χ3n) is 4.43. The van der Waals surface area contributed by atoms with Crippen molar-refractivity contribution in [2.75, 3.05) is 25.1 Å². The van der Waals surface area contributed by atoms with Crippen LogP contribution in [-0.2, 0) is 14.8 Å². The quantitative estimate of drug-likeness (QED) is 0.822. The number of aromatic nitrogens is 1. The molecule has 1 atom stereocenters. The molecule has 0 aliphatic carbocycles. The van der Waals surface area contributed by atoms with Gasteiger partial charge < -0.3 is 19.9 Å². The molecule has 2 N–H and O–H groups in total. The van der Waals surface area contributed by atoms with Crippen molar-refractivity contribution in [1.29, 1.82) is 0 Å². The third-order valence-corrected chi connectivity index (χ3v) is 5.67. The van der Waals surface area contributed by atoms with E-state index in [9.17, 15) is 8.42 Å². The lowest BCUT2D eigenvalue weighted by atomic mass is 9.95. The Morgan fingerprint density at radius 3 is 2.80 bits per heavy atom. The Morgan fingerprint density at radius 1 is 1.40 bits per heavy atom. The summed E-state index contributed by atoms with van der Waals surface area (Å²) in [6.45, 7) is 4.71. The van der Waals surface area contributed by atoms with Crippen molar-refractivity contribution in [3.05, 3.63) is 11.6 Å². The van der Waals surface area contributed by atoms with Gasteiger partial charge in [-0.25, -0.2) is 0 Å². The fourth-order valence-electron chi connectivity index (χ4n) is 2.86. The number of nitrogens with zero attached hydrogens (tertiary/aromatic N) is 2. The Bertz CT molecular complexity index is 772. The SMILES string of the molecule is Cc1cc2c(nc1N[C@@H](C)CCO)OC1(C=NS2(=O)=O)CCOCC1. The zero-order valence-corrected chi connectivity index (χ0v) is 15.2. The van der Waals surface area contributed by atoms with Crippen molar-refractivity contribution in [3.63, 3.8) is 0 Å². The molecule has 3 heterocycles. The first-order valence-corrected chi connectivity index (χ1v) is 9.76. The number of hydrogen-bond donors (Lipinski definition) is 2. The topological polar surface area (TPSA) is 110 Å². The van der Waals surface area contributed by atoms with Crippen molar-refractivity contribution in [2.45, 2.75) is 49.6 Å². The summed E-state index contributed by atoms with van der Waals surface area (Å²) in [5.74, 6) is 0.600. The zero-order valence-electron chi connectivity index (χ0n) is 14.4. The van der Waals surface area contributed by atoms with Gasteiger partial charge in [0.1, 0.15) is 5.82 Å². The lowest BCUT2D eigenvalue weighted by Gasteiger charge is -2.33. The number of rotatable bonds is 4. The minimum atomic E-state index is -3.86. The van der Waals surface area contributed by atoms with E-state index in [4.69, 9.17) is 14.6 Å². The molecule has 0 aromatic carbocycles. The molecular formula is C16H23N3O5S. The van der Waals surface area contributed by atoms with Crippen LogP contribution < -0.4 is 10.1 Å². The molecule has 2 aliphatic heterocycles. The molecule has 1 spiro atoms. The normalized spacial score (nSPS) is 21.9. The van der Waals surface area contributed by atoms with Crippen LogP contribution in [0.15, 0.2) is 15.4 Å². The van der Waals surface area contributed by atoms with Crippen LogP contribution in [0.2, 0.25) is 0 Å². The summed E-state index contributed by atoms with van der Waals surface area (Å²) >= 11 is 0. The van der Waals surface area contributed by atoms with E-state index in [0.29, 0.717) is 43.9 Å². The molecule has 0 amide bonds. The second kappa shape index (κ2) is 6.89. The molecule has 0 bridgehead atoms. The number of hydrogen-bond acceptors (Lipinski definition) is 7. The average molecular weight is 369 g/mol. The Kier molecular flexibility index (Phi) is 4.99. The number of sulfonamides is 1. The highest BCUT2D eigenvalue weighted by molar-refractivity contribution is 7.90. The predicted octanol–water partition coefficient (Wildman–Crippen LogP) is 1.27. The summed E-state index contributed by atoms with van der Waals surface area (Å²) in [6.07, 6.45) is 2.97. The van der Waals surface area contributed by atoms with Crippen LogP contribution in [0.5, 0.6) is 5.88 Å². The Balaban J connectivity index is 2.01. The minimum Gasteiger partial charge on any atom is -0.464 e. The minimum absolute atomic E-state index is 0.00933. The van der Waals surface area contributed by atoms with E-state index in [-0.39, 0.29) is 23.4 Å². The number of ether oxygens (including phenoxy) is 2. The van der Waals surface area contributed by atoms with E-state index in [1.165, 1.54) is 12.3 Å². The van der Waals surface area contributed by atoms with E-state index in [1.807, 2.05) is 6.92 Å². The standard InChI is InChI=1S/C16H23N3O5S/c1-11-9-13-15(19-14(11)18-12(2)3-6-20)24-16(4-7-23-8-5-16)10-17-25(13,21)22/h9-10,12,20H,3-8H2,1-2H3,(H,18,19)/t12-/m0/s1. The van der Waals surface area contributed by atoms with Gasteiger partial charge in [0, 0.05) is 25.5 Å². The van der Waals surface area contributed by atoms with Gasteiger partial charge in [-0.15, -0.1) is 0 Å². The van der Waals surface area contributed by atoms with Crippen molar-refractivity contribution in [1.82, 2.24) is 4.98 Å². The van der Waals surface area contributed by atoms with Gasteiger partial charge in [0.15, 0.2) is 10.5 Å². The number of aliphatic hydroxyl groups is 1. The maximum atomic E-state index is 12.5.